The highest BCUT2D eigenvalue weighted by Crippen LogP contribution is 2.32. The van der Waals surface area contributed by atoms with Gasteiger partial charge in [0.2, 0.25) is 5.95 Å². The van der Waals surface area contributed by atoms with Gasteiger partial charge in [0.1, 0.15) is 11.3 Å². The van der Waals surface area contributed by atoms with E-state index in [2.05, 4.69) is 30.9 Å². The van der Waals surface area contributed by atoms with Crippen molar-refractivity contribution in [3.05, 3.63) is 64.8 Å². The molecule has 0 atom stereocenters. The Kier molecular flexibility index (Phi) is 7.11. The van der Waals surface area contributed by atoms with Crippen molar-refractivity contribution in [2.75, 3.05) is 23.0 Å². The van der Waals surface area contributed by atoms with Crippen molar-refractivity contribution < 1.29 is 4.79 Å². The molecule has 40 heavy (non-hydrogen) atoms. The number of rotatable bonds is 6. The standard InChI is InChI=1S/C28H31N9O2S/c1-16(2)37-24-18(12-31-26(29-6)34-24)11-20(25(37)38)17-8-7-9-19(10-17)32-27(39)33-21-14-36(28(3,4)5)35-23(21)22-13-30-15-40-22/h7-16H,1-6H3,(H,29,31,34)(H2,32,33,39). The number of nitrogens with zero attached hydrogens (tertiary/aromatic N) is 6. The van der Waals surface area contributed by atoms with Crippen molar-refractivity contribution in [1.82, 2.24) is 29.3 Å². The molecule has 4 heterocycles. The minimum absolute atomic E-state index is 0.122. The molecule has 5 aromatic rings. The summed E-state index contributed by atoms with van der Waals surface area (Å²) in [5.74, 6) is 0.442. The SMILES string of the molecule is CNc1ncc2cc(-c3cccc(NC(=O)Nc4cn(C(C)(C)C)nc4-c4cncs4)c3)c(=O)n(C(C)C)c2n1. The molecule has 0 aliphatic heterocycles. The number of fused-ring (bicyclic) bond motifs is 1. The molecule has 0 unspecified atom stereocenters. The van der Waals surface area contributed by atoms with Crippen LogP contribution in [-0.4, -0.2) is 42.4 Å². The van der Waals surface area contributed by atoms with E-state index in [0.29, 0.717) is 39.8 Å². The van der Waals surface area contributed by atoms with Gasteiger partial charge in [-0.3, -0.25) is 19.0 Å². The number of aromatic nitrogens is 6. The van der Waals surface area contributed by atoms with Crippen LogP contribution in [0.15, 0.2) is 59.2 Å². The number of benzene rings is 1. The third-order valence-corrected chi connectivity index (χ3v) is 7.04. The van der Waals surface area contributed by atoms with E-state index in [0.717, 1.165) is 10.3 Å². The fraction of sp³-hybridized carbons (Fsp3) is 0.286. The minimum Gasteiger partial charge on any atom is -0.357 e. The number of anilines is 3. The van der Waals surface area contributed by atoms with E-state index in [-0.39, 0.29) is 17.1 Å². The van der Waals surface area contributed by atoms with Crippen LogP contribution in [0.2, 0.25) is 0 Å². The first kappa shape index (κ1) is 27.0. The Morgan fingerprint density at radius 3 is 2.58 bits per heavy atom. The quantitative estimate of drug-likeness (QED) is 0.240. The smallest absolute Gasteiger partial charge is 0.323 e. The Hall–Kier alpha value is -4.58. The largest absolute Gasteiger partial charge is 0.357 e. The molecule has 0 bridgehead atoms. The van der Waals surface area contributed by atoms with Gasteiger partial charge in [-0.15, -0.1) is 11.3 Å². The maximum atomic E-state index is 13.6. The molecule has 2 amide bonds. The van der Waals surface area contributed by atoms with Crippen molar-refractivity contribution in [3.8, 4) is 21.7 Å². The molecule has 0 aliphatic carbocycles. The summed E-state index contributed by atoms with van der Waals surface area (Å²) >= 11 is 1.45. The van der Waals surface area contributed by atoms with Crippen LogP contribution >= 0.6 is 11.3 Å². The molecular formula is C28H31N9O2S. The van der Waals surface area contributed by atoms with Gasteiger partial charge in [0, 0.05) is 48.3 Å². The molecule has 206 valence electrons. The average Bonchev–Trinajstić information content (AvgIpc) is 3.58. The summed E-state index contributed by atoms with van der Waals surface area (Å²) in [6, 6.07) is 8.43. The molecule has 0 aliphatic rings. The van der Waals surface area contributed by atoms with E-state index >= 15 is 0 Å². The van der Waals surface area contributed by atoms with Crippen LogP contribution in [0.1, 0.15) is 40.7 Å². The summed E-state index contributed by atoms with van der Waals surface area (Å²) in [7, 11) is 1.73. The van der Waals surface area contributed by atoms with E-state index in [4.69, 9.17) is 5.10 Å². The summed E-state index contributed by atoms with van der Waals surface area (Å²) in [5, 5.41) is 14.2. The normalized spacial score (nSPS) is 11.7. The van der Waals surface area contributed by atoms with E-state index < -0.39 is 6.03 Å². The molecule has 0 fully saturated rings. The predicted octanol–water partition coefficient (Wildman–Crippen LogP) is 5.80. The Labute approximate surface area is 235 Å². The molecule has 0 radical (unpaired) electrons. The average molecular weight is 558 g/mol. The van der Waals surface area contributed by atoms with Gasteiger partial charge >= 0.3 is 6.03 Å². The van der Waals surface area contributed by atoms with Crippen LogP contribution < -0.4 is 21.5 Å². The predicted molar refractivity (Wildman–Crippen MR) is 160 cm³/mol. The molecule has 11 nitrogen and oxygen atoms in total. The monoisotopic (exact) mass is 557 g/mol. The highest BCUT2D eigenvalue weighted by atomic mass is 32.1. The van der Waals surface area contributed by atoms with Gasteiger partial charge in [0.15, 0.2) is 0 Å². The highest BCUT2D eigenvalue weighted by molar-refractivity contribution is 7.13. The zero-order valence-corrected chi connectivity index (χ0v) is 24.0. The van der Waals surface area contributed by atoms with Crippen molar-refractivity contribution in [2.24, 2.45) is 0 Å². The molecule has 0 spiro atoms. The number of carbonyl (C=O) groups is 1. The zero-order valence-electron chi connectivity index (χ0n) is 23.2. The molecule has 1 aromatic carbocycles. The summed E-state index contributed by atoms with van der Waals surface area (Å²) in [6.07, 6.45) is 5.24. The molecule has 0 saturated carbocycles. The number of hydrogen-bond donors (Lipinski definition) is 3. The third kappa shape index (κ3) is 5.30. The molecule has 3 N–H and O–H groups in total. The first-order chi connectivity index (χ1) is 19.0. The van der Waals surface area contributed by atoms with Crippen LogP contribution in [0.25, 0.3) is 32.7 Å². The highest BCUT2D eigenvalue weighted by Gasteiger charge is 2.21. The van der Waals surface area contributed by atoms with Crippen LogP contribution in [0.3, 0.4) is 0 Å². The molecular weight excluding hydrogens is 526 g/mol. The zero-order chi connectivity index (χ0) is 28.6. The lowest BCUT2D eigenvalue weighted by Gasteiger charge is -2.18. The van der Waals surface area contributed by atoms with Crippen molar-refractivity contribution in [3.63, 3.8) is 0 Å². The Morgan fingerprint density at radius 1 is 1.10 bits per heavy atom. The maximum absolute atomic E-state index is 13.6. The van der Waals surface area contributed by atoms with Crippen molar-refractivity contribution in [1.29, 1.82) is 0 Å². The summed E-state index contributed by atoms with van der Waals surface area (Å²) in [6.45, 7) is 10.00. The number of amides is 2. The maximum Gasteiger partial charge on any atom is 0.323 e. The van der Waals surface area contributed by atoms with Crippen molar-refractivity contribution in [2.45, 2.75) is 46.2 Å². The second kappa shape index (κ2) is 10.5. The second-order valence-corrected chi connectivity index (χ2v) is 11.5. The number of nitrogens with one attached hydrogen (secondary N) is 3. The number of carbonyl (C=O) groups excluding carboxylic acids is 1. The van der Waals surface area contributed by atoms with E-state index in [1.807, 2.05) is 51.6 Å². The minimum atomic E-state index is -0.428. The van der Waals surface area contributed by atoms with Gasteiger partial charge in [-0.1, -0.05) is 12.1 Å². The van der Waals surface area contributed by atoms with Crippen LogP contribution in [-0.2, 0) is 5.54 Å². The summed E-state index contributed by atoms with van der Waals surface area (Å²) in [4.78, 5) is 40.5. The molecule has 0 saturated heterocycles. The fourth-order valence-electron chi connectivity index (χ4n) is 4.30. The Morgan fingerprint density at radius 2 is 1.90 bits per heavy atom. The Bertz CT molecular complexity index is 1750. The van der Waals surface area contributed by atoms with Crippen molar-refractivity contribution >= 4 is 45.7 Å². The Balaban J connectivity index is 1.46. The van der Waals surface area contributed by atoms with Crippen LogP contribution in [0.4, 0.5) is 22.1 Å². The van der Waals surface area contributed by atoms with Gasteiger partial charge in [0.25, 0.3) is 5.56 Å². The summed E-state index contributed by atoms with van der Waals surface area (Å²) < 4.78 is 3.48. The lowest BCUT2D eigenvalue weighted by atomic mass is 10.0. The van der Waals surface area contributed by atoms with E-state index in [1.165, 1.54) is 11.3 Å². The number of thiazole rings is 1. The number of hydrogen-bond acceptors (Lipinski definition) is 8. The van der Waals surface area contributed by atoms with Gasteiger partial charge in [-0.05, 0) is 58.4 Å². The first-order valence-corrected chi connectivity index (χ1v) is 13.7. The topological polar surface area (TPSA) is 132 Å². The van der Waals surface area contributed by atoms with Gasteiger partial charge in [0.05, 0.1) is 21.6 Å². The molecule has 5 rings (SSSR count). The van der Waals surface area contributed by atoms with Gasteiger partial charge in [-0.25, -0.2) is 9.78 Å². The summed E-state index contributed by atoms with van der Waals surface area (Å²) in [5.41, 5.74) is 4.76. The lowest BCUT2D eigenvalue weighted by molar-refractivity contribution is 0.262. The van der Waals surface area contributed by atoms with Gasteiger partial charge in [-0.2, -0.15) is 10.1 Å². The third-order valence-electron chi connectivity index (χ3n) is 6.26. The number of urea groups is 1. The van der Waals surface area contributed by atoms with E-state index in [1.54, 1.807) is 53.8 Å². The second-order valence-electron chi connectivity index (χ2n) is 10.6. The first-order valence-electron chi connectivity index (χ1n) is 12.8. The molecule has 4 aromatic heterocycles. The lowest BCUT2D eigenvalue weighted by Crippen LogP contribution is -2.25. The molecule has 12 heteroatoms. The number of pyridine rings is 1. The van der Waals surface area contributed by atoms with E-state index in [9.17, 15) is 9.59 Å². The van der Waals surface area contributed by atoms with Crippen LogP contribution in [0.5, 0.6) is 0 Å². The van der Waals surface area contributed by atoms with Crippen LogP contribution in [0, 0.1) is 0 Å². The fourth-order valence-corrected chi connectivity index (χ4v) is 4.92. The van der Waals surface area contributed by atoms with Gasteiger partial charge < -0.3 is 16.0 Å².